The van der Waals surface area contributed by atoms with Gasteiger partial charge >= 0.3 is 0 Å². The van der Waals surface area contributed by atoms with Gasteiger partial charge in [-0.05, 0) is 26.0 Å². The van der Waals surface area contributed by atoms with Gasteiger partial charge in [-0.2, -0.15) is 0 Å². The molecule has 104 valence electrons. The van der Waals surface area contributed by atoms with Gasteiger partial charge in [0.15, 0.2) is 0 Å². The molecule has 0 amide bonds. The first-order valence-electron chi connectivity index (χ1n) is 7.00. The molecule has 2 atom stereocenters. The second kappa shape index (κ2) is 6.16. The molecular formula is C15H21NO2S. The zero-order valence-electron chi connectivity index (χ0n) is 11.3. The van der Waals surface area contributed by atoms with Crippen LogP contribution in [0.3, 0.4) is 0 Å². The zero-order chi connectivity index (χ0) is 13.1. The number of ether oxygens (including phenoxy) is 2. The van der Waals surface area contributed by atoms with Crippen LogP contribution in [-0.2, 0) is 4.74 Å². The highest BCUT2D eigenvalue weighted by molar-refractivity contribution is 8.00. The molecule has 1 N–H and O–H groups in total. The van der Waals surface area contributed by atoms with Gasteiger partial charge in [-0.15, -0.1) is 11.8 Å². The molecule has 4 heteroatoms. The van der Waals surface area contributed by atoms with Crippen molar-refractivity contribution in [1.29, 1.82) is 0 Å². The molecule has 2 heterocycles. The molecule has 0 aromatic heterocycles. The Balaban J connectivity index is 1.72. The fraction of sp³-hybridized carbons (Fsp3) is 0.600. The molecule has 1 fully saturated rings. The molecule has 3 rings (SSSR count). The molecule has 1 saturated heterocycles. The summed E-state index contributed by atoms with van der Waals surface area (Å²) in [5.74, 6) is 1.03. The summed E-state index contributed by atoms with van der Waals surface area (Å²) < 4.78 is 11.4. The van der Waals surface area contributed by atoms with Crippen LogP contribution in [0.1, 0.15) is 24.4 Å². The van der Waals surface area contributed by atoms with Crippen LogP contribution in [0.25, 0.3) is 0 Å². The van der Waals surface area contributed by atoms with Gasteiger partial charge < -0.3 is 14.8 Å². The summed E-state index contributed by atoms with van der Waals surface area (Å²) >= 11 is 2.07. The van der Waals surface area contributed by atoms with E-state index >= 15 is 0 Å². The summed E-state index contributed by atoms with van der Waals surface area (Å²) in [6, 6.07) is 8.76. The Bertz CT molecular complexity index is 420. The van der Waals surface area contributed by atoms with Gasteiger partial charge in [0.05, 0.1) is 11.3 Å². The van der Waals surface area contributed by atoms with Crippen molar-refractivity contribution in [3.63, 3.8) is 0 Å². The van der Waals surface area contributed by atoms with E-state index in [0.717, 1.165) is 25.6 Å². The van der Waals surface area contributed by atoms with Crippen molar-refractivity contribution in [1.82, 2.24) is 5.32 Å². The minimum absolute atomic E-state index is 0.387. The highest BCUT2D eigenvalue weighted by atomic mass is 32.2. The van der Waals surface area contributed by atoms with Crippen molar-refractivity contribution in [2.24, 2.45) is 0 Å². The third-order valence-electron chi connectivity index (χ3n) is 3.88. The second-order valence-electron chi connectivity index (χ2n) is 5.10. The lowest BCUT2D eigenvalue weighted by Gasteiger charge is -2.35. The molecular weight excluding hydrogens is 258 g/mol. The van der Waals surface area contributed by atoms with Gasteiger partial charge in [-0.25, -0.2) is 0 Å². The van der Waals surface area contributed by atoms with Gasteiger partial charge in [0, 0.05) is 24.0 Å². The third-order valence-corrected chi connectivity index (χ3v) is 5.49. The first kappa shape index (κ1) is 13.3. The van der Waals surface area contributed by atoms with Crippen LogP contribution < -0.4 is 10.1 Å². The van der Waals surface area contributed by atoms with E-state index in [2.05, 4.69) is 35.3 Å². The second-order valence-corrected chi connectivity index (χ2v) is 6.65. The first-order chi connectivity index (χ1) is 9.38. The molecule has 0 spiro atoms. The molecule has 1 aromatic carbocycles. The Morgan fingerprint density at radius 2 is 2.00 bits per heavy atom. The number of rotatable bonds is 3. The van der Waals surface area contributed by atoms with Crippen molar-refractivity contribution < 1.29 is 9.47 Å². The normalized spacial score (nSPS) is 27.6. The Morgan fingerprint density at radius 1 is 1.21 bits per heavy atom. The number of benzene rings is 1. The average molecular weight is 279 g/mol. The maximum atomic E-state index is 5.92. The predicted molar refractivity (Wildman–Crippen MR) is 79.0 cm³/mol. The fourth-order valence-electron chi connectivity index (χ4n) is 2.86. The summed E-state index contributed by atoms with van der Waals surface area (Å²) in [7, 11) is 2.05. The molecule has 2 unspecified atom stereocenters. The van der Waals surface area contributed by atoms with E-state index in [-0.39, 0.29) is 0 Å². The van der Waals surface area contributed by atoms with Gasteiger partial charge in [0.25, 0.3) is 0 Å². The Hall–Kier alpha value is -0.710. The lowest BCUT2D eigenvalue weighted by Crippen LogP contribution is -2.37. The molecule has 2 aliphatic heterocycles. The summed E-state index contributed by atoms with van der Waals surface area (Å²) in [4.78, 5) is 0. The van der Waals surface area contributed by atoms with Crippen molar-refractivity contribution in [2.45, 2.75) is 29.4 Å². The van der Waals surface area contributed by atoms with E-state index in [1.54, 1.807) is 0 Å². The lowest BCUT2D eigenvalue weighted by atomic mass is 10.0. The van der Waals surface area contributed by atoms with Crippen LogP contribution >= 0.6 is 11.8 Å². The van der Waals surface area contributed by atoms with Crippen molar-refractivity contribution >= 4 is 11.8 Å². The minimum atomic E-state index is 0.387. The summed E-state index contributed by atoms with van der Waals surface area (Å²) in [6.07, 6.45) is 2.33. The number of hydrogen-bond acceptors (Lipinski definition) is 4. The molecule has 0 radical (unpaired) electrons. The fourth-order valence-corrected chi connectivity index (χ4v) is 4.40. The van der Waals surface area contributed by atoms with Crippen LogP contribution in [0.15, 0.2) is 24.3 Å². The zero-order valence-corrected chi connectivity index (χ0v) is 12.1. The van der Waals surface area contributed by atoms with Gasteiger partial charge in [-0.1, -0.05) is 18.2 Å². The smallest absolute Gasteiger partial charge is 0.124 e. The number of fused-ring (bicyclic) bond motifs is 1. The monoisotopic (exact) mass is 279 g/mol. The summed E-state index contributed by atoms with van der Waals surface area (Å²) in [6.45, 7) is 2.61. The topological polar surface area (TPSA) is 30.5 Å². The van der Waals surface area contributed by atoms with Crippen molar-refractivity contribution in [3.05, 3.63) is 29.8 Å². The standard InChI is InChI=1S/C15H21NO2S/c1-16-15-12-4-2-3-5-13(12)18-10-14(15)19-11-6-8-17-9-7-11/h2-5,11,14-16H,6-10H2,1H3. The average Bonchev–Trinajstić information content (AvgIpc) is 2.48. The quantitative estimate of drug-likeness (QED) is 0.921. The van der Waals surface area contributed by atoms with Gasteiger partial charge in [0.2, 0.25) is 0 Å². The van der Waals surface area contributed by atoms with Gasteiger partial charge in [-0.3, -0.25) is 0 Å². The lowest BCUT2D eigenvalue weighted by molar-refractivity contribution is 0.0997. The van der Waals surface area contributed by atoms with Crippen LogP contribution in [0.2, 0.25) is 0 Å². The molecule has 0 bridgehead atoms. The molecule has 2 aliphatic rings. The highest BCUT2D eigenvalue weighted by Crippen LogP contribution is 2.39. The number of hydrogen-bond donors (Lipinski definition) is 1. The van der Waals surface area contributed by atoms with E-state index in [9.17, 15) is 0 Å². The first-order valence-corrected chi connectivity index (χ1v) is 7.95. The molecule has 19 heavy (non-hydrogen) atoms. The highest BCUT2D eigenvalue weighted by Gasteiger charge is 2.32. The number of thioether (sulfide) groups is 1. The van der Waals surface area contributed by atoms with Crippen molar-refractivity contribution in [3.8, 4) is 5.75 Å². The number of para-hydroxylation sites is 1. The maximum absolute atomic E-state index is 5.92. The number of nitrogens with one attached hydrogen (secondary N) is 1. The van der Waals surface area contributed by atoms with Crippen molar-refractivity contribution in [2.75, 3.05) is 26.9 Å². The van der Waals surface area contributed by atoms with E-state index < -0.39 is 0 Å². The van der Waals surface area contributed by atoms with Crippen LogP contribution in [0.4, 0.5) is 0 Å². The van der Waals surface area contributed by atoms with Crippen LogP contribution in [-0.4, -0.2) is 37.4 Å². The van der Waals surface area contributed by atoms with Crippen LogP contribution in [0, 0.1) is 0 Å². The van der Waals surface area contributed by atoms with E-state index in [1.807, 2.05) is 13.1 Å². The van der Waals surface area contributed by atoms with E-state index in [0.29, 0.717) is 16.5 Å². The Kier molecular flexibility index (Phi) is 4.31. The molecule has 0 aliphatic carbocycles. The van der Waals surface area contributed by atoms with Crippen LogP contribution in [0.5, 0.6) is 5.75 Å². The SMILES string of the molecule is CNC1c2ccccc2OCC1SC1CCOCC1. The molecule has 0 saturated carbocycles. The minimum Gasteiger partial charge on any atom is -0.492 e. The summed E-state index contributed by atoms with van der Waals surface area (Å²) in [5, 5.41) is 4.67. The maximum Gasteiger partial charge on any atom is 0.124 e. The Labute approximate surface area is 119 Å². The molecule has 3 nitrogen and oxygen atoms in total. The van der Waals surface area contributed by atoms with Gasteiger partial charge in [0.1, 0.15) is 12.4 Å². The predicted octanol–water partition coefficient (Wildman–Crippen LogP) is 2.62. The van der Waals surface area contributed by atoms with E-state index in [4.69, 9.17) is 9.47 Å². The summed E-state index contributed by atoms with van der Waals surface area (Å²) in [5.41, 5.74) is 1.29. The van der Waals surface area contributed by atoms with E-state index in [1.165, 1.54) is 18.4 Å². The third kappa shape index (κ3) is 2.91. The largest absolute Gasteiger partial charge is 0.492 e. The Morgan fingerprint density at radius 3 is 2.79 bits per heavy atom. The molecule has 1 aromatic rings.